The van der Waals surface area contributed by atoms with Crippen molar-refractivity contribution < 1.29 is 9.53 Å². The number of hydrogen-bond donors (Lipinski definition) is 0. The van der Waals surface area contributed by atoms with Crippen molar-refractivity contribution in [2.45, 2.75) is 33.2 Å². The molecule has 0 spiro atoms. The number of carbonyl (C=O) groups excluding carboxylic acids is 1. The van der Waals surface area contributed by atoms with Gasteiger partial charge in [0.15, 0.2) is 0 Å². The molecule has 0 N–H and O–H groups in total. The van der Waals surface area contributed by atoms with Crippen LogP contribution in [0.5, 0.6) is 0 Å². The minimum Gasteiger partial charge on any atom is -0.465 e. The molecule has 0 atom stereocenters. The van der Waals surface area contributed by atoms with E-state index in [4.69, 9.17) is 14.7 Å². The van der Waals surface area contributed by atoms with E-state index in [0.717, 1.165) is 63.2 Å². The number of methoxy groups -OCH3 is 1. The van der Waals surface area contributed by atoms with Gasteiger partial charge >= 0.3 is 5.97 Å². The Morgan fingerprint density at radius 3 is 2.35 bits per heavy atom. The number of esters is 1. The number of aryl methyl sites for hydroxylation is 3. The highest BCUT2D eigenvalue weighted by Crippen LogP contribution is 2.33. The molecule has 200 valence electrons. The Morgan fingerprint density at radius 2 is 1.60 bits per heavy atom. The topological polar surface area (TPSA) is 61.9 Å². The molecule has 6 nitrogen and oxygen atoms in total. The highest BCUT2D eigenvalue weighted by molar-refractivity contribution is 5.97. The molecule has 0 amide bonds. The number of ether oxygens (including phenoxy) is 1. The van der Waals surface area contributed by atoms with E-state index in [2.05, 4.69) is 84.6 Å². The van der Waals surface area contributed by atoms with Gasteiger partial charge < -0.3 is 13.9 Å². The second-order valence-corrected chi connectivity index (χ2v) is 10.2. The van der Waals surface area contributed by atoms with Crippen molar-refractivity contribution in [1.29, 1.82) is 0 Å². The number of imidazole rings is 2. The Morgan fingerprint density at radius 1 is 0.850 bits per heavy atom. The first kappa shape index (κ1) is 25.6. The second kappa shape index (κ2) is 10.5. The van der Waals surface area contributed by atoms with Crippen LogP contribution in [0.3, 0.4) is 0 Å². The second-order valence-electron chi connectivity index (χ2n) is 10.2. The Bertz CT molecular complexity index is 1860. The lowest BCUT2D eigenvalue weighted by molar-refractivity contribution is 0.0601. The van der Waals surface area contributed by atoms with Gasteiger partial charge in [0, 0.05) is 25.6 Å². The maximum atomic E-state index is 12.3. The first-order valence-electron chi connectivity index (χ1n) is 13.7. The molecule has 40 heavy (non-hydrogen) atoms. The first-order chi connectivity index (χ1) is 19.5. The fourth-order valence-corrected chi connectivity index (χ4v) is 5.65. The number of benzene rings is 4. The molecular weight excluding hydrogens is 496 g/mol. The fourth-order valence-electron chi connectivity index (χ4n) is 5.65. The molecule has 6 heteroatoms. The molecule has 6 rings (SSSR count). The lowest BCUT2D eigenvalue weighted by Crippen LogP contribution is -2.07. The van der Waals surface area contributed by atoms with Gasteiger partial charge in [-0.05, 0) is 65.9 Å². The molecule has 4 aromatic carbocycles. The summed E-state index contributed by atoms with van der Waals surface area (Å²) in [5.41, 5.74) is 10.1. The Hall–Kier alpha value is -4.71. The van der Waals surface area contributed by atoms with Gasteiger partial charge in [0.2, 0.25) is 0 Å². The van der Waals surface area contributed by atoms with Crippen LogP contribution < -0.4 is 0 Å². The SMILES string of the molecule is CCCc1nc2ccc(-c3nc4ccccc4n3C)c(C)c2n1Cc1ccc(-c2ccccc2C(=O)OC)cc1. The van der Waals surface area contributed by atoms with Crippen molar-refractivity contribution in [3.63, 3.8) is 0 Å². The zero-order valence-electron chi connectivity index (χ0n) is 23.3. The average molecular weight is 529 g/mol. The highest BCUT2D eigenvalue weighted by atomic mass is 16.5. The van der Waals surface area contributed by atoms with Gasteiger partial charge in [-0.2, -0.15) is 0 Å². The van der Waals surface area contributed by atoms with Crippen LogP contribution in [0.1, 0.15) is 40.7 Å². The summed E-state index contributed by atoms with van der Waals surface area (Å²) < 4.78 is 9.52. The van der Waals surface area contributed by atoms with Crippen LogP contribution in [0.2, 0.25) is 0 Å². The van der Waals surface area contributed by atoms with Crippen LogP contribution in [0, 0.1) is 6.92 Å². The third kappa shape index (κ3) is 4.35. The number of hydrogen-bond acceptors (Lipinski definition) is 4. The summed E-state index contributed by atoms with van der Waals surface area (Å²) in [6.07, 6.45) is 1.92. The summed E-state index contributed by atoms with van der Waals surface area (Å²) in [5.74, 6) is 1.71. The number of fused-ring (bicyclic) bond motifs is 2. The molecule has 2 aromatic heterocycles. The zero-order chi connectivity index (χ0) is 27.8. The Balaban J connectivity index is 1.42. The quantitative estimate of drug-likeness (QED) is 0.203. The van der Waals surface area contributed by atoms with Crippen LogP contribution in [0.15, 0.2) is 84.9 Å². The van der Waals surface area contributed by atoms with Gasteiger partial charge in [-0.15, -0.1) is 0 Å². The number of para-hydroxylation sites is 2. The van der Waals surface area contributed by atoms with Crippen molar-refractivity contribution in [3.8, 4) is 22.5 Å². The van der Waals surface area contributed by atoms with Crippen LogP contribution in [-0.2, 0) is 24.8 Å². The van der Waals surface area contributed by atoms with Crippen molar-refractivity contribution >= 4 is 28.0 Å². The van der Waals surface area contributed by atoms with Crippen molar-refractivity contribution in [1.82, 2.24) is 19.1 Å². The van der Waals surface area contributed by atoms with Crippen LogP contribution in [0.4, 0.5) is 0 Å². The Labute approximate surface area is 233 Å². The molecular formula is C34H32N4O2. The van der Waals surface area contributed by atoms with Gasteiger partial charge in [0.05, 0.1) is 34.7 Å². The standard InChI is InChI=1S/C34H32N4O2/c1-5-10-31-35-29-20-19-25(33-36-28-13-8-9-14-30(28)37(33)3)22(2)32(29)38(31)21-23-15-17-24(18-16-23)26-11-6-7-12-27(26)34(39)40-4/h6-9,11-20H,5,10,21H2,1-4H3. The number of rotatable bonds is 7. The largest absolute Gasteiger partial charge is 0.465 e. The Kier molecular flexibility index (Phi) is 6.68. The van der Waals surface area contributed by atoms with E-state index in [1.807, 2.05) is 24.3 Å². The summed E-state index contributed by atoms with van der Waals surface area (Å²) >= 11 is 0. The van der Waals surface area contributed by atoms with Gasteiger partial charge in [-0.3, -0.25) is 0 Å². The fraction of sp³-hybridized carbons (Fsp3) is 0.206. The van der Waals surface area contributed by atoms with Gasteiger partial charge in [-0.1, -0.05) is 61.5 Å². The summed E-state index contributed by atoms with van der Waals surface area (Å²) in [6, 6.07) is 28.5. The van der Waals surface area contributed by atoms with Gasteiger partial charge in [0.25, 0.3) is 0 Å². The van der Waals surface area contributed by atoms with Crippen LogP contribution in [-0.4, -0.2) is 32.2 Å². The normalized spacial score (nSPS) is 11.4. The maximum absolute atomic E-state index is 12.3. The lowest BCUT2D eigenvalue weighted by atomic mass is 9.98. The third-order valence-corrected chi connectivity index (χ3v) is 7.68. The minimum absolute atomic E-state index is 0.333. The van der Waals surface area contributed by atoms with E-state index in [-0.39, 0.29) is 5.97 Å². The summed E-state index contributed by atoms with van der Waals surface area (Å²) in [7, 11) is 3.49. The molecule has 0 radical (unpaired) electrons. The van der Waals surface area contributed by atoms with Crippen LogP contribution >= 0.6 is 0 Å². The van der Waals surface area contributed by atoms with E-state index in [9.17, 15) is 4.79 Å². The van der Waals surface area contributed by atoms with E-state index in [1.165, 1.54) is 18.2 Å². The monoisotopic (exact) mass is 528 g/mol. The van der Waals surface area contributed by atoms with Crippen molar-refractivity contribution in [3.05, 3.63) is 107 Å². The first-order valence-corrected chi connectivity index (χ1v) is 13.7. The highest BCUT2D eigenvalue weighted by Gasteiger charge is 2.19. The predicted molar refractivity (Wildman–Crippen MR) is 160 cm³/mol. The number of nitrogens with zero attached hydrogens (tertiary/aromatic N) is 4. The molecule has 0 bridgehead atoms. The van der Waals surface area contributed by atoms with Crippen molar-refractivity contribution in [2.75, 3.05) is 7.11 Å². The van der Waals surface area contributed by atoms with E-state index >= 15 is 0 Å². The zero-order valence-corrected chi connectivity index (χ0v) is 23.3. The maximum Gasteiger partial charge on any atom is 0.338 e. The molecule has 0 saturated carbocycles. The summed E-state index contributed by atoms with van der Waals surface area (Å²) in [4.78, 5) is 22.3. The molecule has 0 unspecified atom stereocenters. The predicted octanol–water partition coefficient (Wildman–Crippen LogP) is 7.35. The van der Waals surface area contributed by atoms with Crippen molar-refractivity contribution in [2.24, 2.45) is 7.05 Å². The summed E-state index contributed by atoms with van der Waals surface area (Å²) in [5, 5.41) is 0. The minimum atomic E-state index is -0.333. The smallest absolute Gasteiger partial charge is 0.338 e. The molecule has 0 aliphatic carbocycles. The number of carbonyl (C=O) groups is 1. The molecule has 0 aliphatic rings. The summed E-state index contributed by atoms with van der Waals surface area (Å²) in [6.45, 7) is 5.07. The van der Waals surface area contributed by atoms with E-state index < -0.39 is 0 Å². The third-order valence-electron chi connectivity index (χ3n) is 7.68. The molecule has 6 aromatic rings. The number of aromatic nitrogens is 4. The average Bonchev–Trinajstić information content (AvgIpc) is 3.51. The lowest BCUT2D eigenvalue weighted by Gasteiger charge is -2.14. The molecule has 0 fully saturated rings. The molecule has 0 aliphatic heterocycles. The van der Waals surface area contributed by atoms with Gasteiger partial charge in [-0.25, -0.2) is 14.8 Å². The van der Waals surface area contributed by atoms with E-state index in [0.29, 0.717) is 12.1 Å². The van der Waals surface area contributed by atoms with Crippen LogP contribution in [0.25, 0.3) is 44.6 Å². The van der Waals surface area contributed by atoms with E-state index in [1.54, 1.807) is 6.07 Å². The molecule has 2 heterocycles. The van der Waals surface area contributed by atoms with Gasteiger partial charge in [0.1, 0.15) is 11.6 Å². The molecule has 0 saturated heterocycles.